The van der Waals surface area contributed by atoms with Gasteiger partial charge in [-0.1, -0.05) is 22.0 Å². The van der Waals surface area contributed by atoms with Crippen molar-refractivity contribution in [1.82, 2.24) is 0 Å². The Morgan fingerprint density at radius 2 is 2.00 bits per heavy atom. The van der Waals surface area contributed by atoms with Crippen LogP contribution in [0.25, 0.3) is 0 Å². The molecule has 0 aliphatic heterocycles. The molecule has 0 unspecified atom stereocenters. The summed E-state index contributed by atoms with van der Waals surface area (Å²) in [6, 6.07) is 8.75. The van der Waals surface area contributed by atoms with Crippen molar-refractivity contribution < 1.29 is 14.1 Å². The van der Waals surface area contributed by atoms with E-state index < -0.39 is 10.7 Å². The van der Waals surface area contributed by atoms with Gasteiger partial charge < -0.3 is 10.5 Å². The molecule has 2 rings (SSSR count). The van der Waals surface area contributed by atoms with E-state index in [0.717, 1.165) is 5.56 Å². The Bertz CT molecular complexity index is 659. The fraction of sp³-hybridized carbons (Fsp3) is 0.143. The molecule has 5 nitrogen and oxygen atoms in total. The number of rotatable bonds is 5. The van der Waals surface area contributed by atoms with Crippen LogP contribution in [0, 0.1) is 15.9 Å². The summed E-state index contributed by atoms with van der Waals surface area (Å²) in [5, 5.41) is 11.0. The van der Waals surface area contributed by atoms with Gasteiger partial charge in [0.05, 0.1) is 4.92 Å². The van der Waals surface area contributed by atoms with Gasteiger partial charge in [0.2, 0.25) is 0 Å². The zero-order chi connectivity index (χ0) is 15.4. The summed E-state index contributed by atoms with van der Waals surface area (Å²) in [5.41, 5.74) is 6.64. The topological polar surface area (TPSA) is 78.4 Å². The smallest absolute Gasteiger partial charge is 0.310 e. The SMILES string of the molecule is NCc1ccc([N+](=O)[O-])c(OCc2cc(F)cc(Br)c2)c1. The number of nitrogens with two attached hydrogens (primary N) is 1. The monoisotopic (exact) mass is 354 g/mol. The number of ether oxygens (including phenoxy) is 1. The Kier molecular flexibility index (Phi) is 4.87. The first-order valence-corrected chi connectivity index (χ1v) is 6.84. The summed E-state index contributed by atoms with van der Waals surface area (Å²) in [7, 11) is 0. The lowest BCUT2D eigenvalue weighted by molar-refractivity contribution is -0.386. The molecule has 2 aromatic carbocycles. The molecule has 2 N–H and O–H groups in total. The molecule has 0 heterocycles. The fourth-order valence-electron chi connectivity index (χ4n) is 1.81. The maximum absolute atomic E-state index is 13.3. The molecule has 0 spiro atoms. The van der Waals surface area contributed by atoms with Crippen molar-refractivity contribution in [2.45, 2.75) is 13.2 Å². The average Bonchev–Trinajstić information content (AvgIpc) is 2.43. The highest BCUT2D eigenvalue weighted by atomic mass is 79.9. The Balaban J connectivity index is 2.23. The lowest BCUT2D eigenvalue weighted by atomic mass is 10.2. The lowest BCUT2D eigenvalue weighted by Crippen LogP contribution is -2.02. The Hall–Kier alpha value is -1.99. The van der Waals surface area contributed by atoms with Gasteiger partial charge in [-0.05, 0) is 35.4 Å². The van der Waals surface area contributed by atoms with Crippen molar-refractivity contribution in [2.24, 2.45) is 5.73 Å². The summed E-state index contributed by atoms with van der Waals surface area (Å²) < 4.78 is 19.3. The van der Waals surface area contributed by atoms with Crippen molar-refractivity contribution in [3.05, 3.63) is 67.9 Å². The zero-order valence-electron chi connectivity index (χ0n) is 10.9. The van der Waals surface area contributed by atoms with E-state index in [1.807, 2.05) is 0 Å². The van der Waals surface area contributed by atoms with Crippen molar-refractivity contribution >= 4 is 21.6 Å². The molecule has 0 atom stereocenters. The number of hydrogen-bond acceptors (Lipinski definition) is 4. The van der Waals surface area contributed by atoms with Crippen LogP contribution in [-0.4, -0.2) is 4.92 Å². The van der Waals surface area contributed by atoms with Crippen LogP contribution in [0.5, 0.6) is 5.75 Å². The molecular formula is C14H12BrFN2O3. The minimum atomic E-state index is -0.531. The van der Waals surface area contributed by atoms with Crippen LogP contribution >= 0.6 is 15.9 Å². The van der Waals surface area contributed by atoms with E-state index in [1.54, 1.807) is 12.1 Å². The molecular weight excluding hydrogens is 343 g/mol. The fourth-order valence-corrected chi connectivity index (χ4v) is 2.32. The summed E-state index contributed by atoms with van der Waals surface area (Å²) >= 11 is 3.18. The van der Waals surface area contributed by atoms with Gasteiger partial charge in [-0.2, -0.15) is 0 Å². The molecule has 0 aliphatic carbocycles. The second-order valence-corrected chi connectivity index (χ2v) is 5.25. The Morgan fingerprint density at radius 3 is 2.62 bits per heavy atom. The number of nitro benzene ring substituents is 1. The quantitative estimate of drug-likeness (QED) is 0.657. The van der Waals surface area contributed by atoms with Crippen molar-refractivity contribution in [2.75, 3.05) is 0 Å². The van der Waals surface area contributed by atoms with Crippen LogP contribution in [0.3, 0.4) is 0 Å². The van der Waals surface area contributed by atoms with Crippen LogP contribution < -0.4 is 10.5 Å². The van der Waals surface area contributed by atoms with Crippen molar-refractivity contribution in [3.63, 3.8) is 0 Å². The van der Waals surface area contributed by atoms with Crippen LogP contribution in [0.4, 0.5) is 10.1 Å². The van der Waals surface area contributed by atoms with Crippen LogP contribution in [0.15, 0.2) is 40.9 Å². The highest BCUT2D eigenvalue weighted by molar-refractivity contribution is 9.10. The largest absolute Gasteiger partial charge is 0.482 e. The maximum atomic E-state index is 13.3. The molecule has 0 saturated heterocycles. The van der Waals surface area contributed by atoms with Gasteiger partial charge >= 0.3 is 5.69 Å². The number of benzene rings is 2. The van der Waals surface area contributed by atoms with E-state index in [1.165, 1.54) is 24.3 Å². The molecule has 0 saturated carbocycles. The van der Waals surface area contributed by atoms with Crippen molar-refractivity contribution in [3.8, 4) is 5.75 Å². The van der Waals surface area contributed by atoms with E-state index in [-0.39, 0.29) is 24.6 Å². The molecule has 0 aromatic heterocycles. The molecule has 7 heteroatoms. The molecule has 0 radical (unpaired) electrons. The summed E-state index contributed by atoms with van der Waals surface area (Å²) in [4.78, 5) is 10.4. The first kappa shape index (κ1) is 15.4. The van der Waals surface area contributed by atoms with Gasteiger partial charge in [0.15, 0.2) is 5.75 Å². The van der Waals surface area contributed by atoms with E-state index in [4.69, 9.17) is 10.5 Å². The third kappa shape index (κ3) is 3.99. The first-order valence-electron chi connectivity index (χ1n) is 6.04. The van der Waals surface area contributed by atoms with Gasteiger partial charge in [-0.3, -0.25) is 10.1 Å². The van der Waals surface area contributed by atoms with E-state index in [2.05, 4.69) is 15.9 Å². The lowest BCUT2D eigenvalue weighted by Gasteiger charge is -2.09. The van der Waals surface area contributed by atoms with Crippen LogP contribution in [0.1, 0.15) is 11.1 Å². The van der Waals surface area contributed by atoms with E-state index in [9.17, 15) is 14.5 Å². The van der Waals surface area contributed by atoms with Gasteiger partial charge in [-0.15, -0.1) is 0 Å². The Labute approximate surface area is 128 Å². The number of halogens is 2. The first-order chi connectivity index (χ1) is 9.99. The predicted molar refractivity (Wildman–Crippen MR) is 79.4 cm³/mol. The van der Waals surface area contributed by atoms with Crippen LogP contribution in [0.2, 0.25) is 0 Å². The van der Waals surface area contributed by atoms with Gasteiger partial charge in [0.25, 0.3) is 0 Å². The highest BCUT2D eigenvalue weighted by Gasteiger charge is 2.15. The second kappa shape index (κ2) is 6.64. The van der Waals surface area contributed by atoms with Gasteiger partial charge in [0.1, 0.15) is 12.4 Å². The van der Waals surface area contributed by atoms with E-state index >= 15 is 0 Å². The molecule has 0 fully saturated rings. The predicted octanol–water partition coefficient (Wildman–Crippen LogP) is 3.53. The number of nitro groups is 1. The molecule has 2 aromatic rings. The summed E-state index contributed by atoms with van der Waals surface area (Å²) in [5.74, 6) is -0.295. The molecule has 0 amide bonds. The maximum Gasteiger partial charge on any atom is 0.310 e. The normalized spacial score (nSPS) is 10.4. The van der Waals surface area contributed by atoms with E-state index in [0.29, 0.717) is 10.0 Å². The molecule has 0 aliphatic rings. The summed E-state index contributed by atoms with van der Waals surface area (Å²) in [6.07, 6.45) is 0. The minimum Gasteiger partial charge on any atom is -0.482 e. The average molecular weight is 355 g/mol. The Morgan fingerprint density at radius 1 is 1.24 bits per heavy atom. The third-order valence-corrected chi connectivity index (χ3v) is 3.23. The molecule has 110 valence electrons. The number of nitrogens with zero attached hydrogens (tertiary/aromatic N) is 1. The zero-order valence-corrected chi connectivity index (χ0v) is 12.5. The highest BCUT2D eigenvalue weighted by Crippen LogP contribution is 2.29. The second-order valence-electron chi connectivity index (χ2n) is 4.33. The molecule has 0 bridgehead atoms. The standard InChI is InChI=1S/C14H12BrFN2O3/c15-11-3-10(4-12(16)6-11)8-21-14-5-9(7-17)1-2-13(14)18(19)20/h1-6H,7-8,17H2. The third-order valence-electron chi connectivity index (χ3n) is 2.77. The minimum absolute atomic E-state index is 0.0191. The molecule has 21 heavy (non-hydrogen) atoms. The van der Waals surface area contributed by atoms with Crippen molar-refractivity contribution in [1.29, 1.82) is 0 Å². The van der Waals surface area contributed by atoms with Gasteiger partial charge in [0, 0.05) is 17.1 Å². The summed E-state index contributed by atoms with van der Waals surface area (Å²) in [6.45, 7) is 0.269. The van der Waals surface area contributed by atoms with Crippen LogP contribution in [-0.2, 0) is 13.2 Å². The van der Waals surface area contributed by atoms with Gasteiger partial charge in [-0.25, -0.2) is 4.39 Å². The number of hydrogen-bond donors (Lipinski definition) is 1.